The van der Waals surface area contributed by atoms with E-state index in [1.54, 1.807) is 6.20 Å². The van der Waals surface area contributed by atoms with Gasteiger partial charge in [0.25, 0.3) is 5.91 Å². The summed E-state index contributed by atoms with van der Waals surface area (Å²) in [6.45, 7) is 2.66. The Morgan fingerprint density at radius 3 is 2.80 bits per heavy atom. The smallest absolute Gasteiger partial charge is 0.254 e. The quantitative estimate of drug-likeness (QED) is 0.851. The van der Waals surface area contributed by atoms with E-state index in [-0.39, 0.29) is 5.91 Å². The molecule has 1 aliphatic carbocycles. The summed E-state index contributed by atoms with van der Waals surface area (Å²) in [4.78, 5) is 18.8. The minimum Gasteiger partial charge on any atom is -0.331 e. The fraction of sp³-hybridized carbons (Fsp3) is 0.294. The Morgan fingerprint density at radius 1 is 1.30 bits per heavy atom. The van der Waals surface area contributed by atoms with Crippen molar-refractivity contribution < 1.29 is 4.79 Å². The topological polar surface area (TPSA) is 33.2 Å². The van der Waals surface area contributed by atoms with Crippen molar-refractivity contribution in [3.05, 3.63) is 65.5 Å². The molecule has 3 heteroatoms. The first kappa shape index (κ1) is 12.9. The number of benzene rings is 1. The standard InChI is InChI=1S/C17H18N2O/c1-13-4-2-6-15(10-13)17(20)19(16-7-8-16)12-14-5-3-9-18-11-14/h2-6,9-11,16H,7-8,12H2,1H3. The average molecular weight is 266 g/mol. The van der Waals surface area contributed by atoms with Crippen molar-refractivity contribution in [3.8, 4) is 0 Å². The van der Waals surface area contributed by atoms with Gasteiger partial charge in [0.1, 0.15) is 0 Å². The molecule has 1 aliphatic rings. The van der Waals surface area contributed by atoms with E-state index in [0.717, 1.165) is 29.5 Å². The van der Waals surface area contributed by atoms with Gasteiger partial charge in [0.15, 0.2) is 0 Å². The summed E-state index contributed by atoms with van der Waals surface area (Å²) in [5.41, 5.74) is 2.98. The van der Waals surface area contributed by atoms with Gasteiger partial charge in [-0.25, -0.2) is 0 Å². The molecule has 2 aromatic rings. The Morgan fingerprint density at radius 2 is 2.15 bits per heavy atom. The number of nitrogens with zero attached hydrogens (tertiary/aromatic N) is 2. The fourth-order valence-electron chi connectivity index (χ4n) is 2.39. The van der Waals surface area contributed by atoms with E-state index in [1.807, 2.05) is 54.4 Å². The summed E-state index contributed by atoms with van der Waals surface area (Å²) < 4.78 is 0. The van der Waals surface area contributed by atoms with Crippen LogP contribution in [0.25, 0.3) is 0 Å². The highest BCUT2D eigenvalue weighted by Crippen LogP contribution is 2.29. The zero-order valence-corrected chi connectivity index (χ0v) is 11.6. The summed E-state index contributed by atoms with van der Waals surface area (Å²) in [7, 11) is 0. The number of pyridine rings is 1. The molecule has 0 N–H and O–H groups in total. The summed E-state index contributed by atoms with van der Waals surface area (Å²) in [5, 5.41) is 0. The third kappa shape index (κ3) is 2.87. The number of aromatic nitrogens is 1. The van der Waals surface area contributed by atoms with Crippen molar-refractivity contribution in [2.75, 3.05) is 0 Å². The molecule has 1 fully saturated rings. The van der Waals surface area contributed by atoms with Crippen LogP contribution in [0.4, 0.5) is 0 Å². The lowest BCUT2D eigenvalue weighted by Crippen LogP contribution is -2.32. The molecule has 1 aromatic carbocycles. The van der Waals surface area contributed by atoms with Gasteiger partial charge in [-0.15, -0.1) is 0 Å². The van der Waals surface area contributed by atoms with Crippen molar-refractivity contribution in [1.82, 2.24) is 9.88 Å². The van der Waals surface area contributed by atoms with E-state index >= 15 is 0 Å². The molecule has 1 aromatic heterocycles. The Kier molecular flexibility index (Phi) is 3.50. The normalized spacial score (nSPS) is 14.1. The SMILES string of the molecule is Cc1cccc(C(=O)N(Cc2cccnc2)C2CC2)c1. The zero-order chi connectivity index (χ0) is 13.9. The van der Waals surface area contributed by atoms with Crippen molar-refractivity contribution in [2.45, 2.75) is 32.4 Å². The van der Waals surface area contributed by atoms with Gasteiger partial charge in [0.2, 0.25) is 0 Å². The second kappa shape index (κ2) is 5.45. The maximum atomic E-state index is 12.7. The van der Waals surface area contributed by atoms with E-state index < -0.39 is 0 Å². The number of amides is 1. The van der Waals surface area contributed by atoms with Crippen LogP contribution < -0.4 is 0 Å². The van der Waals surface area contributed by atoms with Gasteiger partial charge in [-0.05, 0) is 43.5 Å². The largest absolute Gasteiger partial charge is 0.331 e. The maximum Gasteiger partial charge on any atom is 0.254 e. The van der Waals surface area contributed by atoms with E-state index in [0.29, 0.717) is 12.6 Å². The molecule has 3 nitrogen and oxygen atoms in total. The zero-order valence-electron chi connectivity index (χ0n) is 11.6. The lowest BCUT2D eigenvalue weighted by molar-refractivity contribution is 0.0729. The van der Waals surface area contributed by atoms with Gasteiger partial charge < -0.3 is 4.90 Å². The number of rotatable bonds is 4. The van der Waals surface area contributed by atoms with E-state index in [4.69, 9.17) is 0 Å². The maximum absolute atomic E-state index is 12.7. The highest BCUT2D eigenvalue weighted by molar-refractivity contribution is 5.94. The molecule has 0 atom stereocenters. The number of carbonyl (C=O) groups excluding carboxylic acids is 1. The third-order valence-corrected chi connectivity index (χ3v) is 3.59. The summed E-state index contributed by atoms with van der Waals surface area (Å²) in [6, 6.07) is 12.1. The molecule has 0 unspecified atom stereocenters. The van der Waals surface area contributed by atoms with Crippen molar-refractivity contribution in [2.24, 2.45) is 0 Å². The van der Waals surface area contributed by atoms with Crippen LogP contribution in [-0.2, 0) is 6.54 Å². The van der Waals surface area contributed by atoms with Crippen LogP contribution in [0.15, 0.2) is 48.8 Å². The predicted molar refractivity (Wildman–Crippen MR) is 78.3 cm³/mol. The highest BCUT2D eigenvalue weighted by atomic mass is 16.2. The van der Waals surface area contributed by atoms with Gasteiger partial charge in [-0.3, -0.25) is 9.78 Å². The summed E-state index contributed by atoms with van der Waals surface area (Å²) in [5.74, 6) is 0.125. The van der Waals surface area contributed by atoms with E-state index in [1.165, 1.54) is 0 Å². The van der Waals surface area contributed by atoms with E-state index in [2.05, 4.69) is 4.98 Å². The molecule has 1 saturated carbocycles. The van der Waals surface area contributed by atoms with Crippen molar-refractivity contribution >= 4 is 5.91 Å². The van der Waals surface area contributed by atoms with Gasteiger partial charge >= 0.3 is 0 Å². The van der Waals surface area contributed by atoms with Crippen molar-refractivity contribution in [1.29, 1.82) is 0 Å². The molecule has 102 valence electrons. The first-order chi connectivity index (χ1) is 9.74. The summed E-state index contributed by atoms with van der Waals surface area (Å²) >= 11 is 0. The summed E-state index contributed by atoms with van der Waals surface area (Å²) in [6.07, 6.45) is 5.81. The Bertz CT molecular complexity index is 605. The fourth-order valence-corrected chi connectivity index (χ4v) is 2.39. The molecular weight excluding hydrogens is 248 g/mol. The second-order valence-corrected chi connectivity index (χ2v) is 5.39. The van der Waals surface area contributed by atoms with Crippen molar-refractivity contribution in [3.63, 3.8) is 0 Å². The molecule has 1 heterocycles. The minimum absolute atomic E-state index is 0.125. The molecule has 3 rings (SSSR count). The molecule has 0 saturated heterocycles. The average Bonchev–Trinajstić information content (AvgIpc) is 3.30. The van der Waals surface area contributed by atoms with Crippen LogP contribution in [-0.4, -0.2) is 21.8 Å². The Balaban J connectivity index is 1.82. The number of hydrogen-bond donors (Lipinski definition) is 0. The minimum atomic E-state index is 0.125. The van der Waals surface area contributed by atoms with Crippen LogP contribution in [0.2, 0.25) is 0 Å². The van der Waals surface area contributed by atoms with Gasteiger partial charge in [-0.2, -0.15) is 0 Å². The molecular formula is C17H18N2O. The number of hydrogen-bond acceptors (Lipinski definition) is 2. The second-order valence-electron chi connectivity index (χ2n) is 5.39. The van der Waals surface area contributed by atoms with Crippen LogP contribution in [0, 0.1) is 6.92 Å². The molecule has 0 spiro atoms. The van der Waals surface area contributed by atoms with Gasteiger partial charge in [-0.1, -0.05) is 23.8 Å². The Hall–Kier alpha value is -2.16. The first-order valence-electron chi connectivity index (χ1n) is 7.00. The van der Waals surface area contributed by atoms with E-state index in [9.17, 15) is 4.79 Å². The molecule has 0 aliphatic heterocycles. The van der Waals surface area contributed by atoms with Crippen LogP contribution in [0.3, 0.4) is 0 Å². The lowest BCUT2D eigenvalue weighted by atomic mass is 10.1. The third-order valence-electron chi connectivity index (χ3n) is 3.59. The molecule has 20 heavy (non-hydrogen) atoms. The molecule has 0 radical (unpaired) electrons. The highest BCUT2D eigenvalue weighted by Gasteiger charge is 2.33. The monoisotopic (exact) mass is 266 g/mol. The van der Waals surface area contributed by atoms with Gasteiger partial charge in [0, 0.05) is 30.5 Å². The molecule has 1 amide bonds. The number of aryl methyl sites for hydroxylation is 1. The lowest BCUT2D eigenvalue weighted by Gasteiger charge is -2.22. The first-order valence-corrected chi connectivity index (χ1v) is 7.00. The van der Waals surface area contributed by atoms with Crippen LogP contribution >= 0.6 is 0 Å². The van der Waals surface area contributed by atoms with Crippen LogP contribution in [0.1, 0.15) is 34.3 Å². The Labute approximate surface area is 119 Å². The predicted octanol–water partition coefficient (Wildman–Crippen LogP) is 3.19. The number of carbonyl (C=O) groups is 1. The molecule has 0 bridgehead atoms. The van der Waals surface area contributed by atoms with Gasteiger partial charge in [0.05, 0.1) is 0 Å². The van der Waals surface area contributed by atoms with Crippen LogP contribution in [0.5, 0.6) is 0 Å².